The van der Waals surface area contributed by atoms with Gasteiger partial charge >= 0.3 is 0 Å². The van der Waals surface area contributed by atoms with Gasteiger partial charge in [-0.05, 0) is 6.07 Å². The first-order chi connectivity index (χ1) is 9.02. The zero-order valence-corrected chi connectivity index (χ0v) is 11.4. The highest BCUT2D eigenvalue weighted by molar-refractivity contribution is 6.43. The molecule has 1 heterocycles. The molecule has 0 aliphatic carbocycles. The van der Waals surface area contributed by atoms with Crippen LogP contribution in [0.2, 0.25) is 10.0 Å². The van der Waals surface area contributed by atoms with E-state index < -0.39 is 4.92 Å². The third-order valence-electron chi connectivity index (χ3n) is 2.50. The second kappa shape index (κ2) is 5.42. The van der Waals surface area contributed by atoms with E-state index in [1.165, 1.54) is 12.1 Å². The number of aromatic nitrogens is 1. The summed E-state index contributed by atoms with van der Waals surface area (Å²) in [4.78, 5) is 14.7. The number of pyridine rings is 1. The molecule has 1 aromatic heterocycles. The molecule has 5 nitrogen and oxygen atoms in total. The molecule has 0 atom stereocenters. The van der Waals surface area contributed by atoms with Crippen molar-refractivity contribution < 1.29 is 4.92 Å². The van der Waals surface area contributed by atoms with Crippen molar-refractivity contribution in [2.24, 2.45) is 0 Å². The fraction of sp³-hybridized carbons (Fsp3) is 0.0833. The number of hydrogen-bond donors (Lipinski definition) is 1. The molecule has 0 saturated heterocycles. The van der Waals surface area contributed by atoms with E-state index in [0.29, 0.717) is 27.1 Å². The Hall–Kier alpha value is -1.85. The molecule has 0 aliphatic heterocycles. The van der Waals surface area contributed by atoms with Crippen molar-refractivity contribution >= 4 is 34.7 Å². The number of nitro groups is 1. The van der Waals surface area contributed by atoms with Crippen molar-refractivity contribution in [1.82, 2.24) is 4.98 Å². The van der Waals surface area contributed by atoms with E-state index >= 15 is 0 Å². The Kier molecular flexibility index (Phi) is 3.87. The van der Waals surface area contributed by atoms with Crippen molar-refractivity contribution in [3.8, 4) is 11.3 Å². The largest absolute Gasteiger partial charge is 0.373 e. The smallest absolute Gasteiger partial charge is 0.275 e. The van der Waals surface area contributed by atoms with E-state index in [1.807, 2.05) is 0 Å². The lowest BCUT2D eigenvalue weighted by molar-refractivity contribution is -0.384. The summed E-state index contributed by atoms with van der Waals surface area (Å²) in [5.74, 6) is 0.389. The normalized spacial score (nSPS) is 10.3. The minimum absolute atomic E-state index is 0.0645. The van der Waals surface area contributed by atoms with Crippen LogP contribution in [0, 0.1) is 10.1 Å². The van der Waals surface area contributed by atoms with Crippen molar-refractivity contribution in [2.75, 3.05) is 12.4 Å². The average molecular weight is 298 g/mol. The van der Waals surface area contributed by atoms with Crippen LogP contribution < -0.4 is 5.32 Å². The van der Waals surface area contributed by atoms with Crippen LogP contribution >= 0.6 is 23.2 Å². The van der Waals surface area contributed by atoms with Gasteiger partial charge in [0.05, 0.1) is 26.7 Å². The van der Waals surface area contributed by atoms with Crippen LogP contribution in [0.1, 0.15) is 0 Å². The number of halogens is 2. The van der Waals surface area contributed by atoms with Crippen LogP contribution in [0.3, 0.4) is 0 Å². The molecule has 1 N–H and O–H groups in total. The van der Waals surface area contributed by atoms with Gasteiger partial charge in [-0.1, -0.05) is 35.3 Å². The fourth-order valence-corrected chi connectivity index (χ4v) is 1.99. The standard InChI is InChI=1S/C12H9Cl2N3O2/c1-15-11-6-7(17(18)19)5-10(16-11)8-3-2-4-9(13)12(8)14/h2-6H,1H3,(H,15,16). The summed E-state index contributed by atoms with van der Waals surface area (Å²) >= 11 is 12.0. The summed E-state index contributed by atoms with van der Waals surface area (Å²) in [7, 11) is 1.63. The molecule has 1 aromatic carbocycles. The Morgan fingerprint density at radius 1 is 1.32 bits per heavy atom. The number of nitrogens with zero attached hydrogens (tertiary/aromatic N) is 2. The first-order valence-corrected chi connectivity index (χ1v) is 6.07. The van der Waals surface area contributed by atoms with Crippen LogP contribution in [-0.2, 0) is 0 Å². The fourth-order valence-electron chi connectivity index (χ4n) is 1.59. The predicted octanol–water partition coefficient (Wildman–Crippen LogP) is 4.01. The lowest BCUT2D eigenvalue weighted by Crippen LogP contribution is -1.97. The highest BCUT2D eigenvalue weighted by Crippen LogP contribution is 2.34. The lowest BCUT2D eigenvalue weighted by Gasteiger charge is -2.07. The third-order valence-corrected chi connectivity index (χ3v) is 3.32. The molecular formula is C12H9Cl2N3O2. The van der Waals surface area contributed by atoms with E-state index in [2.05, 4.69) is 10.3 Å². The van der Waals surface area contributed by atoms with Crippen LogP contribution in [0.15, 0.2) is 30.3 Å². The zero-order chi connectivity index (χ0) is 14.0. The van der Waals surface area contributed by atoms with Gasteiger partial charge in [0.2, 0.25) is 0 Å². The summed E-state index contributed by atoms with van der Waals surface area (Å²) < 4.78 is 0. The maximum Gasteiger partial charge on any atom is 0.275 e. The SMILES string of the molecule is CNc1cc([N+](=O)[O-])cc(-c2cccc(Cl)c2Cl)n1. The Bertz CT molecular complexity index is 647. The molecule has 0 spiro atoms. The Morgan fingerprint density at radius 3 is 2.68 bits per heavy atom. The van der Waals surface area contributed by atoms with Gasteiger partial charge in [-0.15, -0.1) is 0 Å². The highest BCUT2D eigenvalue weighted by atomic mass is 35.5. The van der Waals surface area contributed by atoms with E-state index in [4.69, 9.17) is 23.2 Å². The molecule has 0 saturated carbocycles. The minimum atomic E-state index is -0.482. The topological polar surface area (TPSA) is 68.1 Å². The van der Waals surface area contributed by atoms with E-state index in [1.54, 1.807) is 25.2 Å². The number of benzene rings is 1. The molecule has 98 valence electrons. The maximum absolute atomic E-state index is 10.9. The second-order valence-corrected chi connectivity index (χ2v) is 4.49. The maximum atomic E-state index is 10.9. The summed E-state index contributed by atoms with van der Waals surface area (Å²) in [6.45, 7) is 0. The van der Waals surface area contributed by atoms with Gasteiger partial charge in [0.25, 0.3) is 5.69 Å². The van der Waals surface area contributed by atoms with Gasteiger partial charge in [-0.2, -0.15) is 0 Å². The minimum Gasteiger partial charge on any atom is -0.373 e. The van der Waals surface area contributed by atoms with Gasteiger partial charge in [-0.3, -0.25) is 10.1 Å². The van der Waals surface area contributed by atoms with Crippen LogP contribution in [-0.4, -0.2) is 17.0 Å². The molecule has 0 unspecified atom stereocenters. The van der Waals surface area contributed by atoms with Gasteiger partial charge in [0, 0.05) is 18.7 Å². The first kappa shape index (κ1) is 13.6. The molecule has 0 radical (unpaired) electrons. The third kappa shape index (κ3) is 2.77. The van der Waals surface area contributed by atoms with Crippen molar-refractivity contribution in [3.63, 3.8) is 0 Å². The van der Waals surface area contributed by atoms with Gasteiger partial charge < -0.3 is 5.32 Å². The Labute approximate surface area is 119 Å². The van der Waals surface area contributed by atoms with Crippen molar-refractivity contribution in [1.29, 1.82) is 0 Å². The molecule has 0 bridgehead atoms. The van der Waals surface area contributed by atoms with E-state index in [-0.39, 0.29) is 5.69 Å². The molecule has 7 heteroatoms. The number of nitrogens with one attached hydrogen (secondary N) is 1. The summed E-state index contributed by atoms with van der Waals surface area (Å²) in [6.07, 6.45) is 0. The Morgan fingerprint density at radius 2 is 2.05 bits per heavy atom. The summed E-state index contributed by atoms with van der Waals surface area (Å²) in [6, 6.07) is 7.77. The number of hydrogen-bond acceptors (Lipinski definition) is 4. The van der Waals surface area contributed by atoms with Gasteiger partial charge in [0.1, 0.15) is 5.82 Å². The molecule has 19 heavy (non-hydrogen) atoms. The van der Waals surface area contributed by atoms with Crippen LogP contribution in [0.5, 0.6) is 0 Å². The van der Waals surface area contributed by atoms with Crippen molar-refractivity contribution in [3.05, 3.63) is 50.5 Å². The number of anilines is 1. The van der Waals surface area contributed by atoms with Crippen LogP contribution in [0.25, 0.3) is 11.3 Å². The first-order valence-electron chi connectivity index (χ1n) is 5.31. The number of rotatable bonds is 3. The average Bonchev–Trinajstić information content (AvgIpc) is 2.41. The lowest BCUT2D eigenvalue weighted by atomic mass is 10.1. The van der Waals surface area contributed by atoms with Crippen LogP contribution in [0.4, 0.5) is 11.5 Å². The van der Waals surface area contributed by atoms with E-state index in [9.17, 15) is 10.1 Å². The van der Waals surface area contributed by atoms with Crippen molar-refractivity contribution in [2.45, 2.75) is 0 Å². The second-order valence-electron chi connectivity index (χ2n) is 3.70. The zero-order valence-electron chi connectivity index (χ0n) is 9.85. The Balaban J connectivity index is 2.64. The van der Waals surface area contributed by atoms with Gasteiger partial charge in [-0.25, -0.2) is 4.98 Å². The molecule has 0 aliphatic rings. The quantitative estimate of drug-likeness (QED) is 0.686. The molecule has 0 fully saturated rings. The molecule has 2 rings (SSSR count). The monoisotopic (exact) mass is 297 g/mol. The molecular weight excluding hydrogens is 289 g/mol. The molecule has 2 aromatic rings. The summed E-state index contributed by atoms with van der Waals surface area (Å²) in [5, 5.41) is 14.4. The molecule has 0 amide bonds. The highest BCUT2D eigenvalue weighted by Gasteiger charge is 2.14. The van der Waals surface area contributed by atoms with Gasteiger partial charge in [0.15, 0.2) is 0 Å². The predicted molar refractivity (Wildman–Crippen MR) is 75.9 cm³/mol. The summed E-state index contributed by atoms with van der Waals surface area (Å²) in [5.41, 5.74) is 0.880. The van der Waals surface area contributed by atoms with E-state index in [0.717, 1.165) is 0 Å².